The molecule has 6 heteroatoms. The highest BCUT2D eigenvalue weighted by atomic mass is 16.5. The van der Waals surface area contributed by atoms with Crippen molar-refractivity contribution in [3.8, 4) is 16.9 Å². The maximum absolute atomic E-state index is 13.1. The number of rotatable bonds is 8. The third kappa shape index (κ3) is 5.43. The molecule has 6 nitrogen and oxygen atoms in total. The third-order valence-electron chi connectivity index (χ3n) is 7.86. The molecule has 2 aromatic rings. The Morgan fingerprint density at radius 1 is 1.06 bits per heavy atom. The second-order valence-corrected chi connectivity index (χ2v) is 10.3. The van der Waals surface area contributed by atoms with E-state index in [4.69, 9.17) is 4.74 Å². The molecule has 3 saturated heterocycles. The van der Waals surface area contributed by atoms with Crippen LogP contribution in [0.15, 0.2) is 30.3 Å². The van der Waals surface area contributed by atoms with E-state index in [1.54, 1.807) is 0 Å². The van der Waals surface area contributed by atoms with Crippen LogP contribution in [-0.2, 0) is 6.42 Å². The van der Waals surface area contributed by atoms with Crippen LogP contribution in [0.1, 0.15) is 80.9 Å². The number of carbonyl (C=O) groups excluding carboxylic acids is 1. The number of amides is 1. The summed E-state index contributed by atoms with van der Waals surface area (Å²) in [6.07, 6.45) is 11.8. The minimum absolute atomic E-state index is 0.105. The minimum atomic E-state index is -0.105. The molecular formula is C28H38N4O2. The standard InChI is InChI=1S/C28H38N4O2/c1-2-3-9-25-24(20-10-12-23(13-11-20)34-22-7-5-4-6-8-22)18-26(31-30-25)28(33)29-27-19-32-16-14-21(27)15-17-32/h10-13,18,21-22,27H,2-9,14-17,19H2,1H3,(H,29,33)/t27-/m1/s1. The number of hydrogen-bond acceptors (Lipinski definition) is 5. The van der Waals surface area contributed by atoms with Crippen LogP contribution in [0.4, 0.5) is 0 Å². The maximum atomic E-state index is 13.1. The smallest absolute Gasteiger partial charge is 0.272 e. The Kier molecular flexibility index (Phi) is 7.43. The number of unbranched alkanes of at least 4 members (excludes halogenated alkanes) is 1. The number of nitrogens with zero attached hydrogens (tertiary/aromatic N) is 3. The average molecular weight is 463 g/mol. The molecule has 0 spiro atoms. The highest BCUT2D eigenvalue weighted by Gasteiger charge is 2.35. The van der Waals surface area contributed by atoms with Crippen molar-refractivity contribution in [2.45, 2.75) is 83.3 Å². The lowest BCUT2D eigenvalue weighted by Gasteiger charge is -2.44. The number of piperidine rings is 3. The quantitative estimate of drug-likeness (QED) is 0.597. The molecule has 182 valence electrons. The van der Waals surface area contributed by atoms with Crippen molar-refractivity contribution >= 4 is 5.91 Å². The molecule has 1 aromatic carbocycles. The molecule has 1 aliphatic carbocycles. The predicted octanol–water partition coefficient (Wildman–Crippen LogP) is 5.02. The van der Waals surface area contributed by atoms with E-state index in [0.29, 0.717) is 17.7 Å². The van der Waals surface area contributed by atoms with Crippen LogP contribution in [-0.4, -0.2) is 52.8 Å². The van der Waals surface area contributed by atoms with E-state index in [1.165, 1.54) is 32.1 Å². The van der Waals surface area contributed by atoms with Crippen LogP contribution in [0.5, 0.6) is 5.75 Å². The zero-order chi connectivity index (χ0) is 23.3. The van der Waals surface area contributed by atoms with Crippen LogP contribution < -0.4 is 10.1 Å². The largest absolute Gasteiger partial charge is 0.490 e. The molecule has 2 bridgehead atoms. The number of carbonyl (C=O) groups is 1. The summed E-state index contributed by atoms with van der Waals surface area (Å²) >= 11 is 0. The maximum Gasteiger partial charge on any atom is 0.272 e. The van der Waals surface area contributed by atoms with Crippen molar-refractivity contribution in [1.82, 2.24) is 20.4 Å². The Balaban J connectivity index is 1.33. The Morgan fingerprint density at radius 2 is 1.82 bits per heavy atom. The molecule has 0 radical (unpaired) electrons. The average Bonchev–Trinajstić information content (AvgIpc) is 2.89. The van der Waals surface area contributed by atoms with E-state index in [2.05, 4.69) is 51.6 Å². The molecule has 4 aliphatic rings. The van der Waals surface area contributed by atoms with Crippen molar-refractivity contribution < 1.29 is 9.53 Å². The summed E-state index contributed by atoms with van der Waals surface area (Å²) in [6.45, 7) is 5.45. The number of aryl methyl sites for hydroxylation is 1. The number of hydrogen-bond donors (Lipinski definition) is 1. The molecule has 1 saturated carbocycles. The molecule has 34 heavy (non-hydrogen) atoms. The van der Waals surface area contributed by atoms with E-state index in [-0.39, 0.29) is 11.9 Å². The summed E-state index contributed by atoms with van der Waals surface area (Å²) in [5, 5.41) is 12.1. The van der Waals surface area contributed by atoms with E-state index in [9.17, 15) is 4.79 Å². The zero-order valence-electron chi connectivity index (χ0n) is 20.5. The second-order valence-electron chi connectivity index (χ2n) is 10.3. The van der Waals surface area contributed by atoms with Gasteiger partial charge in [0, 0.05) is 18.2 Å². The first-order valence-corrected chi connectivity index (χ1v) is 13.4. The van der Waals surface area contributed by atoms with Crippen LogP contribution in [0.3, 0.4) is 0 Å². The first-order chi connectivity index (χ1) is 16.7. The third-order valence-corrected chi connectivity index (χ3v) is 7.86. The fourth-order valence-electron chi connectivity index (χ4n) is 5.77. The molecule has 1 amide bonds. The van der Waals surface area contributed by atoms with Gasteiger partial charge in [-0.05, 0) is 94.1 Å². The first kappa shape index (κ1) is 23.3. The van der Waals surface area contributed by atoms with E-state index < -0.39 is 0 Å². The molecular weight excluding hydrogens is 424 g/mol. The van der Waals surface area contributed by atoms with Crippen molar-refractivity contribution in [3.05, 3.63) is 41.7 Å². The van der Waals surface area contributed by atoms with Gasteiger partial charge in [-0.25, -0.2) is 0 Å². The number of fused-ring (bicyclic) bond motifs is 3. The van der Waals surface area contributed by atoms with Gasteiger partial charge in [-0.2, -0.15) is 5.10 Å². The summed E-state index contributed by atoms with van der Waals surface area (Å²) in [5.74, 6) is 1.40. The van der Waals surface area contributed by atoms with Gasteiger partial charge in [0.15, 0.2) is 5.69 Å². The van der Waals surface area contributed by atoms with Gasteiger partial charge >= 0.3 is 0 Å². The molecule has 1 atom stereocenters. The van der Waals surface area contributed by atoms with Crippen LogP contribution >= 0.6 is 0 Å². The van der Waals surface area contributed by atoms with Gasteiger partial charge in [0.05, 0.1) is 11.8 Å². The normalized spacial score (nSPS) is 24.7. The topological polar surface area (TPSA) is 67.4 Å². The summed E-state index contributed by atoms with van der Waals surface area (Å²) in [4.78, 5) is 15.6. The summed E-state index contributed by atoms with van der Waals surface area (Å²) in [6, 6.07) is 10.5. The van der Waals surface area contributed by atoms with E-state index in [1.807, 2.05) is 6.07 Å². The molecule has 6 rings (SSSR count). The van der Waals surface area contributed by atoms with Gasteiger partial charge < -0.3 is 15.0 Å². The predicted molar refractivity (Wildman–Crippen MR) is 134 cm³/mol. The Hall–Kier alpha value is -2.47. The minimum Gasteiger partial charge on any atom is -0.490 e. The van der Waals surface area contributed by atoms with Gasteiger partial charge in [0.1, 0.15) is 5.75 Å². The summed E-state index contributed by atoms with van der Waals surface area (Å²) < 4.78 is 6.22. The van der Waals surface area contributed by atoms with Gasteiger partial charge in [-0.3, -0.25) is 4.79 Å². The van der Waals surface area contributed by atoms with Crippen molar-refractivity contribution in [1.29, 1.82) is 0 Å². The number of aromatic nitrogens is 2. The molecule has 1 aromatic heterocycles. The molecule has 1 N–H and O–H groups in total. The van der Waals surface area contributed by atoms with E-state index in [0.717, 1.165) is 74.3 Å². The number of nitrogens with one attached hydrogen (secondary N) is 1. The fourth-order valence-corrected chi connectivity index (χ4v) is 5.77. The van der Waals surface area contributed by atoms with Gasteiger partial charge in [-0.15, -0.1) is 5.10 Å². The zero-order valence-corrected chi connectivity index (χ0v) is 20.5. The highest BCUT2D eigenvalue weighted by molar-refractivity contribution is 5.93. The first-order valence-electron chi connectivity index (χ1n) is 13.4. The van der Waals surface area contributed by atoms with Crippen molar-refractivity contribution in [2.75, 3.05) is 19.6 Å². The lowest BCUT2D eigenvalue weighted by Crippen LogP contribution is -2.57. The van der Waals surface area contributed by atoms with Gasteiger partial charge in [-0.1, -0.05) is 31.9 Å². The van der Waals surface area contributed by atoms with Gasteiger partial charge in [0.2, 0.25) is 0 Å². The van der Waals surface area contributed by atoms with Crippen molar-refractivity contribution in [3.63, 3.8) is 0 Å². The Bertz CT molecular complexity index is 963. The lowest BCUT2D eigenvalue weighted by molar-refractivity contribution is 0.0617. The number of benzene rings is 1. The lowest BCUT2D eigenvalue weighted by atomic mass is 9.84. The molecule has 0 unspecified atom stereocenters. The van der Waals surface area contributed by atoms with Crippen LogP contribution in [0.25, 0.3) is 11.1 Å². The van der Waals surface area contributed by atoms with Gasteiger partial charge in [0.25, 0.3) is 5.91 Å². The van der Waals surface area contributed by atoms with Crippen molar-refractivity contribution in [2.24, 2.45) is 5.92 Å². The molecule has 4 fully saturated rings. The fraction of sp³-hybridized carbons (Fsp3) is 0.607. The monoisotopic (exact) mass is 462 g/mol. The molecule has 3 aliphatic heterocycles. The SMILES string of the molecule is CCCCc1nnc(C(=O)N[C@@H]2CN3CCC2CC3)cc1-c1ccc(OC2CCCCC2)cc1. The van der Waals surface area contributed by atoms with Crippen LogP contribution in [0, 0.1) is 5.92 Å². The molecule has 4 heterocycles. The second kappa shape index (κ2) is 10.9. The van der Waals surface area contributed by atoms with Crippen LogP contribution in [0.2, 0.25) is 0 Å². The summed E-state index contributed by atoms with van der Waals surface area (Å²) in [5.41, 5.74) is 3.44. The Morgan fingerprint density at radius 3 is 2.50 bits per heavy atom. The Labute approximate surface area is 203 Å². The van der Waals surface area contributed by atoms with E-state index >= 15 is 0 Å². The summed E-state index contributed by atoms with van der Waals surface area (Å²) in [7, 11) is 0. The highest BCUT2D eigenvalue weighted by Crippen LogP contribution is 2.30. The number of ether oxygens (including phenoxy) is 1.